The van der Waals surface area contributed by atoms with Crippen LogP contribution >= 0.6 is 0 Å². The number of β-amino-alcohol motifs (C(OH)–C–C–N with tert-alkyl or cyclic N) is 2. The summed E-state index contributed by atoms with van der Waals surface area (Å²) in [6.45, 7) is 4.99. The number of amides is 1. The number of benzene rings is 1. The lowest BCUT2D eigenvalue weighted by atomic mass is 10.1. The van der Waals surface area contributed by atoms with Crippen LogP contribution in [0.25, 0.3) is 0 Å². The molecule has 1 heterocycles. The van der Waals surface area contributed by atoms with Crippen LogP contribution in [0.4, 0.5) is 0 Å². The van der Waals surface area contributed by atoms with Crippen LogP contribution in [0.1, 0.15) is 24.2 Å². The maximum Gasteiger partial charge on any atom is 0.254 e. The minimum atomic E-state index is -0.886. The molecular formula is C15H21NO5. The molecule has 0 unspecified atom stereocenters. The molecule has 0 aromatic heterocycles. The minimum absolute atomic E-state index is 0.136. The molecule has 1 aromatic carbocycles. The summed E-state index contributed by atoms with van der Waals surface area (Å²) in [4.78, 5) is 13.8. The van der Waals surface area contributed by atoms with E-state index in [4.69, 9.17) is 9.47 Å². The first-order chi connectivity index (χ1) is 10.1. The van der Waals surface area contributed by atoms with Gasteiger partial charge in [0.05, 0.1) is 25.4 Å². The van der Waals surface area contributed by atoms with Crippen LogP contribution < -0.4 is 9.47 Å². The number of ether oxygens (including phenoxy) is 2. The van der Waals surface area contributed by atoms with Gasteiger partial charge in [0, 0.05) is 18.7 Å². The first kappa shape index (κ1) is 15.6. The second kappa shape index (κ2) is 6.78. The number of rotatable bonds is 5. The van der Waals surface area contributed by atoms with Crippen molar-refractivity contribution in [1.82, 2.24) is 4.90 Å². The molecule has 2 atom stereocenters. The fourth-order valence-corrected chi connectivity index (χ4v) is 2.30. The van der Waals surface area contributed by atoms with E-state index in [-0.39, 0.29) is 19.0 Å². The fourth-order valence-electron chi connectivity index (χ4n) is 2.30. The van der Waals surface area contributed by atoms with Gasteiger partial charge in [-0.15, -0.1) is 0 Å². The van der Waals surface area contributed by atoms with Crippen molar-refractivity contribution in [2.75, 3.05) is 26.3 Å². The molecule has 21 heavy (non-hydrogen) atoms. The molecule has 0 saturated carbocycles. The summed E-state index contributed by atoms with van der Waals surface area (Å²) >= 11 is 0. The average molecular weight is 295 g/mol. The van der Waals surface area contributed by atoms with Crippen LogP contribution in [-0.2, 0) is 0 Å². The summed E-state index contributed by atoms with van der Waals surface area (Å²) in [6.07, 6.45) is -1.77. The summed E-state index contributed by atoms with van der Waals surface area (Å²) < 4.78 is 10.9. The van der Waals surface area contributed by atoms with Crippen molar-refractivity contribution < 1.29 is 24.5 Å². The van der Waals surface area contributed by atoms with E-state index in [9.17, 15) is 15.0 Å². The molecule has 1 fully saturated rings. The maximum atomic E-state index is 12.4. The van der Waals surface area contributed by atoms with Crippen molar-refractivity contribution in [2.24, 2.45) is 0 Å². The first-order valence-electron chi connectivity index (χ1n) is 7.11. The molecule has 1 saturated heterocycles. The Hall–Kier alpha value is -1.79. The molecule has 0 aliphatic carbocycles. The second-order valence-electron chi connectivity index (χ2n) is 4.87. The predicted octanol–water partition coefficient (Wildman–Crippen LogP) is 0.662. The molecular weight excluding hydrogens is 274 g/mol. The third-order valence-electron chi connectivity index (χ3n) is 3.34. The number of hydrogen-bond donors (Lipinski definition) is 2. The largest absolute Gasteiger partial charge is 0.490 e. The van der Waals surface area contributed by atoms with E-state index in [1.54, 1.807) is 18.2 Å². The topological polar surface area (TPSA) is 79.2 Å². The van der Waals surface area contributed by atoms with Gasteiger partial charge >= 0.3 is 0 Å². The highest BCUT2D eigenvalue weighted by molar-refractivity contribution is 5.95. The van der Waals surface area contributed by atoms with Crippen molar-refractivity contribution in [3.63, 3.8) is 0 Å². The molecule has 1 aromatic rings. The van der Waals surface area contributed by atoms with E-state index in [1.807, 2.05) is 13.8 Å². The van der Waals surface area contributed by atoms with Gasteiger partial charge in [-0.05, 0) is 32.0 Å². The maximum absolute atomic E-state index is 12.4. The summed E-state index contributed by atoms with van der Waals surface area (Å²) in [7, 11) is 0. The van der Waals surface area contributed by atoms with Crippen LogP contribution in [0.15, 0.2) is 18.2 Å². The highest BCUT2D eigenvalue weighted by atomic mass is 16.5. The van der Waals surface area contributed by atoms with Crippen LogP contribution in [-0.4, -0.2) is 59.5 Å². The molecule has 1 aliphatic rings. The van der Waals surface area contributed by atoms with Gasteiger partial charge in [0.1, 0.15) is 0 Å². The monoisotopic (exact) mass is 295 g/mol. The number of carbonyl (C=O) groups is 1. The zero-order chi connectivity index (χ0) is 15.4. The van der Waals surface area contributed by atoms with E-state index in [2.05, 4.69) is 0 Å². The number of hydrogen-bond acceptors (Lipinski definition) is 5. The third-order valence-corrected chi connectivity index (χ3v) is 3.34. The fraction of sp³-hybridized carbons (Fsp3) is 0.533. The number of likely N-dealkylation sites (tertiary alicyclic amines) is 1. The molecule has 6 heteroatoms. The highest BCUT2D eigenvalue weighted by Gasteiger charge is 2.33. The zero-order valence-corrected chi connectivity index (χ0v) is 12.3. The molecule has 0 bridgehead atoms. The quantitative estimate of drug-likeness (QED) is 0.834. The van der Waals surface area contributed by atoms with E-state index in [0.717, 1.165) is 0 Å². The van der Waals surface area contributed by atoms with Crippen LogP contribution in [0, 0.1) is 0 Å². The van der Waals surface area contributed by atoms with Crippen LogP contribution in [0.3, 0.4) is 0 Å². The lowest BCUT2D eigenvalue weighted by molar-refractivity contribution is 0.0572. The van der Waals surface area contributed by atoms with Gasteiger partial charge in [-0.2, -0.15) is 0 Å². The normalized spacial score (nSPS) is 21.4. The molecule has 0 radical (unpaired) electrons. The van der Waals surface area contributed by atoms with Gasteiger partial charge in [0.15, 0.2) is 11.5 Å². The molecule has 6 nitrogen and oxygen atoms in total. The molecule has 2 rings (SSSR count). The Morgan fingerprint density at radius 3 is 2.29 bits per heavy atom. The van der Waals surface area contributed by atoms with Gasteiger partial charge in [-0.1, -0.05) is 0 Å². The Labute approximate surface area is 123 Å². The standard InChI is InChI=1S/C15H21NO5/c1-3-20-13-6-5-10(7-14(13)21-4-2)15(19)16-8-11(17)12(18)9-16/h5-7,11-12,17-18H,3-4,8-9H2,1-2H3/t11-,12+. The summed E-state index contributed by atoms with van der Waals surface area (Å²) in [5.41, 5.74) is 0.447. The third kappa shape index (κ3) is 3.46. The van der Waals surface area contributed by atoms with Crippen LogP contribution in [0.2, 0.25) is 0 Å². The summed E-state index contributed by atoms with van der Waals surface area (Å²) in [6, 6.07) is 4.99. The number of aliphatic hydroxyl groups excluding tert-OH is 2. The molecule has 1 aliphatic heterocycles. The number of carbonyl (C=O) groups excluding carboxylic acids is 1. The van der Waals surface area contributed by atoms with Crippen molar-refractivity contribution in [1.29, 1.82) is 0 Å². The Balaban J connectivity index is 2.19. The van der Waals surface area contributed by atoms with Gasteiger partial charge in [-0.3, -0.25) is 4.79 Å². The minimum Gasteiger partial charge on any atom is -0.490 e. The summed E-state index contributed by atoms with van der Waals surface area (Å²) in [5, 5.41) is 19.1. The Morgan fingerprint density at radius 1 is 1.14 bits per heavy atom. The molecule has 1 amide bonds. The van der Waals surface area contributed by atoms with E-state index in [1.165, 1.54) is 4.90 Å². The number of aliphatic hydroxyl groups is 2. The van der Waals surface area contributed by atoms with Crippen molar-refractivity contribution in [2.45, 2.75) is 26.1 Å². The molecule has 0 spiro atoms. The molecule has 116 valence electrons. The Morgan fingerprint density at radius 2 is 1.71 bits per heavy atom. The van der Waals surface area contributed by atoms with E-state index < -0.39 is 12.2 Å². The second-order valence-corrected chi connectivity index (χ2v) is 4.87. The smallest absolute Gasteiger partial charge is 0.254 e. The SMILES string of the molecule is CCOc1ccc(C(=O)N2C[C@@H](O)[C@@H](O)C2)cc1OCC. The van der Waals surface area contributed by atoms with Gasteiger partial charge in [-0.25, -0.2) is 0 Å². The van der Waals surface area contributed by atoms with Gasteiger partial charge < -0.3 is 24.6 Å². The Kier molecular flexibility index (Phi) is 5.03. The lowest BCUT2D eigenvalue weighted by Crippen LogP contribution is -2.29. The highest BCUT2D eigenvalue weighted by Crippen LogP contribution is 2.29. The van der Waals surface area contributed by atoms with Crippen LogP contribution in [0.5, 0.6) is 11.5 Å². The lowest BCUT2D eigenvalue weighted by Gasteiger charge is -2.17. The molecule has 2 N–H and O–H groups in total. The van der Waals surface area contributed by atoms with Crippen molar-refractivity contribution in [3.8, 4) is 11.5 Å². The van der Waals surface area contributed by atoms with Crippen molar-refractivity contribution >= 4 is 5.91 Å². The van der Waals surface area contributed by atoms with E-state index in [0.29, 0.717) is 30.3 Å². The first-order valence-corrected chi connectivity index (χ1v) is 7.11. The van der Waals surface area contributed by atoms with Gasteiger partial charge in [0.25, 0.3) is 5.91 Å². The number of nitrogens with zero attached hydrogens (tertiary/aromatic N) is 1. The Bertz CT molecular complexity index is 495. The van der Waals surface area contributed by atoms with Crippen molar-refractivity contribution in [3.05, 3.63) is 23.8 Å². The predicted molar refractivity (Wildman–Crippen MR) is 76.7 cm³/mol. The average Bonchev–Trinajstić information content (AvgIpc) is 2.80. The van der Waals surface area contributed by atoms with E-state index >= 15 is 0 Å². The zero-order valence-electron chi connectivity index (χ0n) is 12.3. The summed E-state index contributed by atoms with van der Waals surface area (Å²) in [5.74, 6) is 0.873. The van der Waals surface area contributed by atoms with Gasteiger partial charge in [0.2, 0.25) is 0 Å².